The number of carbonyl (C=O) groups is 4. The summed E-state index contributed by atoms with van der Waals surface area (Å²) in [7, 11) is 0. The Hall–Kier alpha value is -4.68. The first-order valence-electron chi connectivity index (χ1n) is 13.2. The number of rotatable bonds is 11. The van der Waals surface area contributed by atoms with Crippen molar-refractivity contribution in [3.8, 4) is 0 Å². The lowest BCUT2D eigenvalue weighted by Crippen LogP contribution is -2.57. The van der Waals surface area contributed by atoms with Gasteiger partial charge in [0.1, 0.15) is 23.9 Å². The molecule has 4 rings (SSSR count). The van der Waals surface area contributed by atoms with Gasteiger partial charge in [-0.05, 0) is 30.0 Å². The van der Waals surface area contributed by atoms with E-state index in [-0.39, 0.29) is 31.2 Å². The first-order chi connectivity index (χ1) is 19.3. The molecule has 210 valence electrons. The van der Waals surface area contributed by atoms with Gasteiger partial charge in [0.2, 0.25) is 17.7 Å². The summed E-state index contributed by atoms with van der Waals surface area (Å²) in [4.78, 5) is 58.5. The fourth-order valence-electron chi connectivity index (χ4n) is 4.54. The summed E-state index contributed by atoms with van der Waals surface area (Å²) in [6.07, 6.45) is 2.58. The van der Waals surface area contributed by atoms with E-state index in [2.05, 4.69) is 41.6 Å². The average Bonchev–Trinajstić information content (AvgIpc) is 3.62. The molecule has 0 bridgehead atoms. The van der Waals surface area contributed by atoms with Gasteiger partial charge < -0.3 is 16.0 Å². The Kier molecular flexibility index (Phi) is 9.15. The summed E-state index contributed by atoms with van der Waals surface area (Å²) in [6.45, 7) is 5.37. The van der Waals surface area contributed by atoms with Crippen LogP contribution in [0, 0.1) is 5.92 Å². The molecular formula is C27H33N9O4. The Labute approximate surface area is 231 Å². The number of amides is 4. The molecule has 0 spiro atoms. The highest BCUT2D eigenvalue weighted by molar-refractivity contribution is 6.06. The molecule has 13 heteroatoms. The van der Waals surface area contributed by atoms with E-state index < -0.39 is 35.8 Å². The largest absolute Gasteiger partial charge is 0.347 e. The Morgan fingerprint density at radius 1 is 1.07 bits per heavy atom. The van der Waals surface area contributed by atoms with Gasteiger partial charge in [-0.15, -0.1) is 10.2 Å². The highest BCUT2D eigenvalue weighted by Crippen LogP contribution is 2.30. The molecule has 4 N–H and O–H groups in total. The van der Waals surface area contributed by atoms with Gasteiger partial charge in [0.25, 0.3) is 5.91 Å². The molecule has 0 saturated carbocycles. The van der Waals surface area contributed by atoms with Crippen LogP contribution in [-0.4, -0.2) is 67.4 Å². The second-order valence-corrected chi connectivity index (χ2v) is 9.78. The summed E-state index contributed by atoms with van der Waals surface area (Å²) in [5, 5.41) is 21.7. The van der Waals surface area contributed by atoms with Crippen LogP contribution in [0.25, 0.3) is 0 Å². The van der Waals surface area contributed by atoms with E-state index in [1.165, 1.54) is 4.90 Å². The summed E-state index contributed by atoms with van der Waals surface area (Å²) >= 11 is 0. The maximum absolute atomic E-state index is 13.7. The van der Waals surface area contributed by atoms with Crippen LogP contribution in [0.1, 0.15) is 44.1 Å². The van der Waals surface area contributed by atoms with Crippen molar-refractivity contribution in [2.75, 3.05) is 4.90 Å². The number of tetrazole rings is 1. The van der Waals surface area contributed by atoms with Crippen LogP contribution < -0.4 is 20.9 Å². The molecule has 0 saturated heterocycles. The summed E-state index contributed by atoms with van der Waals surface area (Å²) in [6, 6.07) is 10.1. The number of aromatic amines is 1. The van der Waals surface area contributed by atoms with Crippen molar-refractivity contribution < 1.29 is 19.2 Å². The molecule has 1 aliphatic heterocycles. The molecule has 3 heterocycles. The predicted molar refractivity (Wildman–Crippen MR) is 144 cm³/mol. The normalized spacial score (nSPS) is 16.4. The molecule has 0 radical (unpaired) electrons. The van der Waals surface area contributed by atoms with Crippen molar-refractivity contribution in [2.45, 2.75) is 64.7 Å². The number of H-pyrrole nitrogens is 1. The highest BCUT2D eigenvalue weighted by atomic mass is 16.2. The summed E-state index contributed by atoms with van der Waals surface area (Å²) in [5.41, 5.74) is 1.57. The monoisotopic (exact) mass is 547 g/mol. The molecule has 0 aliphatic carbocycles. The Morgan fingerprint density at radius 2 is 1.85 bits per heavy atom. The first kappa shape index (κ1) is 28.3. The molecule has 1 unspecified atom stereocenters. The van der Waals surface area contributed by atoms with Crippen LogP contribution >= 0.6 is 0 Å². The van der Waals surface area contributed by atoms with Crippen molar-refractivity contribution in [3.05, 3.63) is 65.6 Å². The lowest BCUT2D eigenvalue weighted by atomic mass is 9.97. The van der Waals surface area contributed by atoms with Crippen molar-refractivity contribution in [3.63, 3.8) is 0 Å². The Bertz CT molecular complexity index is 1330. The number of nitrogens with zero attached hydrogens (tertiary/aromatic N) is 5. The minimum absolute atomic E-state index is 0.0309. The minimum atomic E-state index is -0.995. The highest BCUT2D eigenvalue weighted by Gasteiger charge is 2.41. The van der Waals surface area contributed by atoms with Crippen LogP contribution in [0.15, 0.2) is 48.7 Å². The molecule has 2 aromatic heterocycles. The number of anilines is 1. The number of aromatic nitrogens is 5. The molecule has 4 amide bonds. The van der Waals surface area contributed by atoms with E-state index in [4.69, 9.17) is 0 Å². The fraction of sp³-hybridized carbons (Fsp3) is 0.407. The molecule has 13 nitrogen and oxygen atoms in total. The van der Waals surface area contributed by atoms with Crippen LogP contribution in [0.2, 0.25) is 0 Å². The zero-order valence-corrected chi connectivity index (χ0v) is 22.6. The number of carbonyl (C=O) groups excluding carboxylic acids is 4. The first-order valence-corrected chi connectivity index (χ1v) is 13.2. The van der Waals surface area contributed by atoms with Crippen molar-refractivity contribution >= 4 is 29.4 Å². The van der Waals surface area contributed by atoms with Gasteiger partial charge in [-0.3, -0.25) is 24.1 Å². The van der Waals surface area contributed by atoms with Crippen molar-refractivity contribution in [1.82, 2.24) is 41.6 Å². The van der Waals surface area contributed by atoms with Gasteiger partial charge in [-0.1, -0.05) is 61.9 Å². The van der Waals surface area contributed by atoms with E-state index in [1.807, 2.05) is 44.2 Å². The molecule has 40 heavy (non-hydrogen) atoms. The third kappa shape index (κ3) is 6.65. The smallest absolute Gasteiger partial charge is 0.251 e. The average molecular weight is 548 g/mol. The lowest BCUT2D eigenvalue weighted by Gasteiger charge is -2.29. The minimum Gasteiger partial charge on any atom is -0.347 e. The van der Waals surface area contributed by atoms with Crippen LogP contribution in [0.4, 0.5) is 5.82 Å². The van der Waals surface area contributed by atoms with Crippen LogP contribution in [0.5, 0.6) is 0 Å². The SMILES string of the molecule is CC[C@H](C)[C@H](NC(=O)Cc1ccccc1)C(=O)N[C@@H](C)C(=O)N1c2ncccc2CC1C(=O)NCc1nn[nH]n1. The van der Waals surface area contributed by atoms with Gasteiger partial charge in [-0.2, -0.15) is 5.21 Å². The van der Waals surface area contributed by atoms with Crippen molar-refractivity contribution in [1.29, 1.82) is 0 Å². The lowest BCUT2D eigenvalue weighted by molar-refractivity contribution is -0.132. The second kappa shape index (κ2) is 12.9. The number of fused-ring (bicyclic) bond motifs is 1. The van der Waals surface area contributed by atoms with E-state index in [0.717, 1.165) is 11.1 Å². The van der Waals surface area contributed by atoms with E-state index in [0.29, 0.717) is 18.1 Å². The number of nitrogens with one attached hydrogen (secondary N) is 4. The summed E-state index contributed by atoms with van der Waals surface area (Å²) < 4.78 is 0. The number of hydrogen-bond acceptors (Lipinski definition) is 8. The van der Waals surface area contributed by atoms with Gasteiger partial charge in [0.15, 0.2) is 5.82 Å². The quantitative estimate of drug-likeness (QED) is 0.268. The Morgan fingerprint density at radius 3 is 2.55 bits per heavy atom. The third-order valence-corrected chi connectivity index (χ3v) is 6.92. The van der Waals surface area contributed by atoms with Crippen LogP contribution in [-0.2, 0) is 38.6 Å². The number of pyridine rings is 1. The van der Waals surface area contributed by atoms with Gasteiger partial charge in [0, 0.05) is 12.6 Å². The van der Waals surface area contributed by atoms with E-state index in [1.54, 1.807) is 25.3 Å². The van der Waals surface area contributed by atoms with E-state index in [9.17, 15) is 19.2 Å². The topological polar surface area (TPSA) is 175 Å². The third-order valence-electron chi connectivity index (χ3n) is 6.92. The zero-order chi connectivity index (χ0) is 28.6. The molecule has 1 aromatic carbocycles. The standard InChI is InChI=1S/C27H33N9O4/c1-4-16(2)23(31-22(37)13-18-9-6-5-7-10-18)26(39)30-17(3)27(40)36-20(14-19-11-8-12-28-24(19)36)25(38)29-15-21-32-34-35-33-21/h5-12,16-17,20,23H,4,13-15H2,1-3H3,(H,29,38)(H,30,39)(H,31,37)(H,32,33,34,35)/t16-,17-,20?,23-/m0/s1. The molecule has 1 aliphatic rings. The number of benzene rings is 1. The summed E-state index contributed by atoms with van der Waals surface area (Å²) in [5.74, 6) is -1.20. The zero-order valence-electron chi connectivity index (χ0n) is 22.6. The van der Waals surface area contributed by atoms with Crippen LogP contribution in [0.3, 0.4) is 0 Å². The van der Waals surface area contributed by atoms with E-state index >= 15 is 0 Å². The van der Waals surface area contributed by atoms with Gasteiger partial charge in [-0.25, -0.2) is 4.98 Å². The maximum Gasteiger partial charge on any atom is 0.251 e. The van der Waals surface area contributed by atoms with Gasteiger partial charge in [0.05, 0.1) is 13.0 Å². The molecule has 4 atom stereocenters. The maximum atomic E-state index is 13.7. The van der Waals surface area contributed by atoms with Gasteiger partial charge >= 0.3 is 0 Å². The molecular weight excluding hydrogens is 514 g/mol. The molecule has 0 fully saturated rings. The Balaban J connectivity index is 1.45. The fourth-order valence-corrected chi connectivity index (χ4v) is 4.54. The molecule has 3 aromatic rings. The second-order valence-electron chi connectivity index (χ2n) is 9.78. The predicted octanol–water partition coefficient (Wildman–Crippen LogP) is 0.447. The number of hydrogen-bond donors (Lipinski definition) is 4. The van der Waals surface area contributed by atoms with Crippen molar-refractivity contribution in [2.24, 2.45) is 5.92 Å².